The summed E-state index contributed by atoms with van der Waals surface area (Å²) in [6.07, 6.45) is -2.93. The summed E-state index contributed by atoms with van der Waals surface area (Å²) < 4.78 is 50.9. The Morgan fingerprint density at radius 1 is 1.30 bits per heavy atom. The van der Waals surface area contributed by atoms with Gasteiger partial charge in [0, 0.05) is 0 Å². The van der Waals surface area contributed by atoms with Crippen molar-refractivity contribution in [1.29, 1.82) is 0 Å². The Morgan fingerprint density at radius 2 is 1.90 bits per heavy atom. The second-order valence-corrected chi connectivity index (χ2v) is 4.80. The maximum absolute atomic E-state index is 13.2. The monoisotopic (exact) mass is 298 g/mol. The average molecular weight is 298 g/mol. The summed E-state index contributed by atoms with van der Waals surface area (Å²) in [5, 5.41) is 2.45. The third-order valence-electron chi connectivity index (χ3n) is 3.24. The zero-order valence-electron chi connectivity index (χ0n) is 11.3. The second kappa shape index (κ2) is 6.41. The highest BCUT2D eigenvalue weighted by Gasteiger charge is 2.48. The Morgan fingerprint density at radius 3 is 2.35 bits per heavy atom. The molecule has 0 aromatic heterocycles. The first-order chi connectivity index (χ1) is 9.24. The molecule has 2 unspecified atom stereocenters. The van der Waals surface area contributed by atoms with Gasteiger partial charge in [0.05, 0.1) is 6.54 Å². The van der Waals surface area contributed by atoms with Crippen molar-refractivity contribution >= 4 is 11.8 Å². The number of rotatable bonds is 6. The number of hydrogen-bond acceptors (Lipinski definition) is 2. The van der Waals surface area contributed by atoms with E-state index in [4.69, 9.17) is 0 Å². The number of nitrogens with zero attached hydrogens (tertiary/aromatic N) is 1. The van der Waals surface area contributed by atoms with E-state index in [-0.39, 0.29) is 12.8 Å². The molecule has 0 radical (unpaired) electrons. The molecule has 1 aliphatic heterocycles. The summed E-state index contributed by atoms with van der Waals surface area (Å²) in [5.41, 5.74) is 0. The Labute approximate surface area is 114 Å². The number of carbonyl (C=O) groups excluding carboxylic acids is 2. The molecule has 0 saturated carbocycles. The maximum atomic E-state index is 13.2. The molecule has 0 aromatic rings. The molecule has 1 aliphatic rings. The van der Waals surface area contributed by atoms with E-state index in [1.807, 2.05) is 0 Å². The normalized spacial score (nSPS) is 24.2. The van der Waals surface area contributed by atoms with E-state index in [1.54, 1.807) is 6.92 Å². The third kappa shape index (κ3) is 3.40. The van der Waals surface area contributed by atoms with Crippen LogP contribution < -0.4 is 5.32 Å². The van der Waals surface area contributed by atoms with E-state index in [0.29, 0.717) is 11.3 Å². The molecule has 1 N–H and O–H groups in total. The predicted molar refractivity (Wildman–Crippen MR) is 63.6 cm³/mol. The highest BCUT2D eigenvalue weighted by Crippen LogP contribution is 2.27. The van der Waals surface area contributed by atoms with Crippen LogP contribution in [0, 0.1) is 0 Å². The lowest BCUT2D eigenvalue weighted by atomic mass is 10.0. The van der Waals surface area contributed by atoms with Crippen LogP contribution in [0.4, 0.5) is 17.6 Å². The molecule has 0 aromatic carbocycles. The summed E-state index contributed by atoms with van der Waals surface area (Å²) >= 11 is 0. The van der Waals surface area contributed by atoms with Gasteiger partial charge >= 0.3 is 12.3 Å². The van der Waals surface area contributed by atoms with E-state index in [0.717, 1.165) is 0 Å². The summed E-state index contributed by atoms with van der Waals surface area (Å²) in [6, 6.07) is -2.04. The van der Waals surface area contributed by atoms with E-state index in [1.165, 1.54) is 6.92 Å². The van der Waals surface area contributed by atoms with Gasteiger partial charge in [-0.1, -0.05) is 20.3 Å². The van der Waals surface area contributed by atoms with Gasteiger partial charge in [-0.25, -0.2) is 8.78 Å². The van der Waals surface area contributed by atoms with Crippen molar-refractivity contribution in [3.05, 3.63) is 0 Å². The fraction of sp³-hybridized carbons (Fsp3) is 0.833. The first kappa shape index (κ1) is 16.7. The minimum absolute atomic E-state index is 0.0930. The summed E-state index contributed by atoms with van der Waals surface area (Å²) in [7, 11) is 0. The summed E-state index contributed by atoms with van der Waals surface area (Å²) in [5.74, 6) is -5.62. The standard InChI is InChI=1S/C12H18F4N2O2/c1-3-5-7-10(20)18(6-12(15,16)11(13)14)8(4-2)9(19)17-7/h7-8,11H,3-6H2,1-2H3,(H,17,19). The van der Waals surface area contributed by atoms with E-state index in [9.17, 15) is 27.2 Å². The first-order valence-corrected chi connectivity index (χ1v) is 6.51. The lowest BCUT2D eigenvalue weighted by Crippen LogP contribution is -2.65. The highest BCUT2D eigenvalue weighted by molar-refractivity contribution is 5.96. The van der Waals surface area contributed by atoms with E-state index in [2.05, 4.69) is 5.32 Å². The minimum atomic E-state index is -4.32. The van der Waals surface area contributed by atoms with Crippen LogP contribution in [0.1, 0.15) is 33.1 Å². The van der Waals surface area contributed by atoms with Crippen molar-refractivity contribution in [2.45, 2.75) is 57.5 Å². The molecule has 2 atom stereocenters. The fourth-order valence-corrected chi connectivity index (χ4v) is 2.20. The molecule has 20 heavy (non-hydrogen) atoms. The Kier molecular flexibility index (Phi) is 5.35. The van der Waals surface area contributed by atoms with Gasteiger partial charge in [0.2, 0.25) is 11.8 Å². The van der Waals surface area contributed by atoms with Crippen LogP contribution in [0.3, 0.4) is 0 Å². The van der Waals surface area contributed by atoms with Gasteiger partial charge in [0.15, 0.2) is 0 Å². The number of alkyl halides is 4. The Bertz CT molecular complexity index is 376. The smallest absolute Gasteiger partial charge is 0.324 e. The maximum Gasteiger partial charge on any atom is 0.324 e. The fourth-order valence-electron chi connectivity index (χ4n) is 2.20. The number of carbonyl (C=O) groups is 2. The SMILES string of the molecule is CCCC1NC(=O)C(CC)N(CC(F)(F)C(F)F)C1=O. The van der Waals surface area contributed by atoms with Gasteiger partial charge in [-0.3, -0.25) is 9.59 Å². The quantitative estimate of drug-likeness (QED) is 0.760. The predicted octanol–water partition coefficient (Wildman–Crippen LogP) is 1.79. The van der Waals surface area contributed by atoms with Crippen molar-refractivity contribution in [1.82, 2.24) is 10.2 Å². The van der Waals surface area contributed by atoms with Gasteiger partial charge in [-0.2, -0.15) is 8.78 Å². The molecule has 1 fully saturated rings. The van der Waals surface area contributed by atoms with Crippen molar-refractivity contribution < 1.29 is 27.2 Å². The van der Waals surface area contributed by atoms with Crippen molar-refractivity contribution in [2.24, 2.45) is 0 Å². The molecule has 8 heteroatoms. The average Bonchev–Trinajstić information content (AvgIpc) is 2.35. The van der Waals surface area contributed by atoms with Gasteiger partial charge in [-0.15, -0.1) is 0 Å². The molecule has 0 bridgehead atoms. The lowest BCUT2D eigenvalue weighted by Gasteiger charge is -2.40. The number of halogens is 4. The van der Waals surface area contributed by atoms with Gasteiger partial charge < -0.3 is 10.2 Å². The number of piperazine rings is 1. The van der Waals surface area contributed by atoms with Crippen LogP contribution in [0.15, 0.2) is 0 Å². The van der Waals surface area contributed by atoms with Crippen LogP contribution in [-0.2, 0) is 9.59 Å². The van der Waals surface area contributed by atoms with Gasteiger partial charge in [-0.05, 0) is 12.8 Å². The Hall–Kier alpha value is -1.34. The molecule has 1 rings (SSSR count). The van der Waals surface area contributed by atoms with Crippen LogP contribution in [0.2, 0.25) is 0 Å². The van der Waals surface area contributed by atoms with Gasteiger partial charge in [0.1, 0.15) is 12.1 Å². The summed E-state index contributed by atoms with van der Waals surface area (Å²) in [6.45, 7) is 1.87. The summed E-state index contributed by atoms with van der Waals surface area (Å²) in [4.78, 5) is 24.4. The van der Waals surface area contributed by atoms with Crippen LogP contribution in [0.5, 0.6) is 0 Å². The largest absolute Gasteiger partial charge is 0.343 e. The van der Waals surface area contributed by atoms with E-state index < -0.39 is 42.8 Å². The molecule has 1 heterocycles. The molecule has 1 saturated heterocycles. The molecule has 116 valence electrons. The molecule has 0 spiro atoms. The number of nitrogens with one attached hydrogen (secondary N) is 1. The minimum Gasteiger partial charge on any atom is -0.343 e. The Balaban J connectivity index is 2.97. The number of amides is 2. The van der Waals surface area contributed by atoms with E-state index >= 15 is 0 Å². The zero-order valence-corrected chi connectivity index (χ0v) is 11.3. The molecular weight excluding hydrogens is 280 g/mol. The molecule has 2 amide bonds. The molecule has 0 aliphatic carbocycles. The van der Waals surface area contributed by atoms with Gasteiger partial charge in [0.25, 0.3) is 0 Å². The lowest BCUT2D eigenvalue weighted by molar-refractivity contribution is -0.170. The molecule has 4 nitrogen and oxygen atoms in total. The topological polar surface area (TPSA) is 49.4 Å². The van der Waals surface area contributed by atoms with Crippen LogP contribution in [0.25, 0.3) is 0 Å². The first-order valence-electron chi connectivity index (χ1n) is 6.51. The highest BCUT2D eigenvalue weighted by atomic mass is 19.3. The van der Waals surface area contributed by atoms with Crippen LogP contribution >= 0.6 is 0 Å². The van der Waals surface area contributed by atoms with Crippen molar-refractivity contribution in [3.63, 3.8) is 0 Å². The number of hydrogen-bond donors (Lipinski definition) is 1. The zero-order chi connectivity index (χ0) is 15.5. The van der Waals surface area contributed by atoms with Crippen molar-refractivity contribution in [3.8, 4) is 0 Å². The molecular formula is C12H18F4N2O2. The third-order valence-corrected chi connectivity index (χ3v) is 3.24. The second-order valence-electron chi connectivity index (χ2n) is 4.80. The van der Waals surface area contributed by atoms with Crippen molar-refractivity contribution in [2.75, 3.05) is 6.54 Å². The van der Waals surface area contributed by atoms with Crippen LogP contribution in [-0.4, -0.2) is 47.7 Å².